The van der Waals surface area contributed by atoms with Crippen LogP contribution in [0.2, 0.25) is 0 Å². The van der Waals surface area contributed by atoms with Crippen LogP contribution in [0.4, 0.5) is 0 Å². The molecule has 3 rings (SSSR count). The highest BCUT2D eigenvalue weighted by Crippen LogP contribution is 2.26. The van der Waals surface area contributed by atoms with Gasteiger partial charge in [0.25, 0.3) is 5.91 Å². The molecule has 0 spiro atoms. The van der Waals surface area contributed by atoms with Gasteiger partial charge in [-0.15, -0.1) is 0 Å². The first kappa shape index (κ1) is 20.0. The Balaban J connectivity index is 1.57. The second kappa shape index (κ2) is 9.46. The summed E-state index contributed by atoms with van der Waals surface area (Å²) in [5.41, 5.74) is 1.79. The van der Waals surface area contributed by atoms with Crippen molar-refractivity contribution in [2.75, 3.05) is 47.0 Å². The number of amides is 1. The molecule has 1 amide bonds. The fourth-order valence-electron chi connectivity index (χ4n) is 3.40. The summed E-state index contributed by atoms with van der Waals surface area (Å²) < 4.78 is 16.2. The van der Waals surface area contributed by atoms with Crippen molar-refractivity contribution in [3.8, 4) is 17.2 Å². The average Bonchev–Trinajstić information content (AvgIpc) is 2.74. The van der Waals surface area contributed by atoms with Gasteiger partial charge in [-0.1, -0.05) is 0 Å². The molecule has 0 atom stereocenters. The fourth-order valence-corrected chi connectivity index (χ4v) is 3.40. The van der Waals surface area contributed by atoms with Gasteiger partial charge in [0, 0.05) is 43.9 Å². The lowest BCUT2D eigenvalue weighted by Gasteiger charge is -2.35. The van der Waals surface area contributed by atoms with Gasteiger partial charge >= 0.3 is 0 Å². The van der Waals surface area contributed by atoms with Crippen LogP contribution in [0.5, 0.6) is 17.2 Å². The van der Waals surface area contributed by atoms with Gasteiger partial charge in [-0.3, -0.25) is 9.69 Å². The zero-order valence-electron chi connectivity index (χ0n) is 16.8. The zero-order valence-corrected chi connectivity index (χ0v) is 16.8. The summed E-state index contributed by atoms with van der Waals surface area (Å²) in [6.07, 6.45) is 0. The number of carbonyl (C=O) groups is 1. The van der Waals surface area contributed by atoms with Crippen LogP contribution in [-0.4, -0.2) is 62.7 Å². The van der Waals surface area contributed by atoms with Gasteiger partial charge in [0.2, 0.25) is 0 Å². The Hall–Kier alpha value is -2.73. The van der Waals surface area contributed by atoms with Crippen molar-refractivity contribution in [3.63, 3.8) is 0 Å². The smallest absolute Gasteiger partial charge is 0.253 e. The van der Waals surface area contributed by atoms with E-state index in [0.717, 1.165) is 42.4 Å². The summed E-state index contributed by atoms with van der Waals surface area (Å²) in [6.45, 7) is 6.39. The zero-order chi connectivity index (χ0) is 19.9. The van der Waals surface area contributed by atoms with Gasteiger partial charge in [0.05, 0.1) is 20.8 Å². The Morgan fingerprint density at radius 1 is 0.929 bits per heavy atom. The van der Waals surface area contributed by atoms with Gasteiger partial charge < -0.3 is 19.1 Å². The lowest BCUT2D eigenvalue weighted by Crippen LogP contribution is -2.48. The van der Waals surface area contributed by atoms with Crippen molar-refractivity contribution in [1.29, 1.82) is 0 Å². The van der Waals surface area contributed by atoms with E-state index in [1.165, 1.54) is 0 Å². The standard InChI is InChI=1S/C22H28N2O4/c1-4-28-19-7-5-17(6-8-19)22(25)24-13-11-23(12-14-24)16-18-15-20(26-2)9-10-21(18)27-3/h5-10,15H,4,11-14,16H2,1-3H3. The monoisotopic (exact) mass is 384 g/mol. The fraction of sp³-hybridized carbons (Fsp3) is 0.409. The maximum absolute atomic E-state index is 12.7. The number of hydrogen-bond acceptors (Lipinski definition) is 5. The van der Waals surface area contributed by atoms with Crippen LogP contribution < -0.4 is 14.2 Å². The van der Waals surface area contributed by atoms with Gasteiger partial charge in [-0.05, 0) is 49.4 Å². The van der Waals surface area contributed by atoms with Crippen molar-refractivity contribution >= 4 is 5.91 Å². The topological polar surface area (TPSA) is 51.2 Å². The minimum atomic E-state index is 0.0710. The van der Waals surface area contributed by atoms with Crippen molar-refractivity contribution in [1.82, 2.24) is 9.80 Å². The second-order valence-corrected chi connectivity index (χ2v) is 6.70. The van der Waals surface area contributed by atoms with Crippen LogP contribution >= 0.6 is 0 Å². The molecule has 0 unspecified atom stereocenters. The van der Waals surface area contributed by atoms with Gasteiger partial charge in [-0.25, -0.2) is 0 Å². The summed E-state index contributed by atoms with van der Waals surface area (Å²) >= 11 is 0. The molecule has 0 bridgehead atoms. The highest BCUT2D eigenvalue weighted by Gasteiger charge is 2.23. The van der Waals surface area contributed by atoms with Crippen LogP contribution in [-0.2, 0) is 6.54 Å². The Morgan fingerprint density at radius 3 is 2.21 bits per heavy atom. The number of methoxy groups -OCH3 is 2. The van der Waals surface area contributed by atoms with E-state index in [0.29, 0.717) is 25.3 Å². The largest absolute Gasteiger partial charge is 0.497 e. The average molecular weight is 384 g/mol. The molecule has 1 saturated heterocycles. The predicted molar refractivity (Wildman–Crippen MR) is 108 cm³/mol. The number of ether oxygens (including phenoxy) is 3. The molecule has 1 aliphatic rings. The number of piperazine rings is 1. The third-order valence-corrected chi connectivity index (χ3v) is 4.95. The first-order valence-electron chi connectivity index (χ1n) is 9.60. The van der Waals surface area contributed by atoms with Gasteiger partial charge in [0.1, 0.15) is 17.2 Å². The summed E-state index contributed by atoms with van der Waals surface area (Å²) in [6, 6.07) is 13.2. The molecule has 1 fully saturated rings. The molecule has 28 heavy (non-hydrogen) atoms. The minimum Gasteiger partial charge on any atom is -0.497 e. The van der Waals surface area contributed by atoms with E-state index >= 15 is 0 Å². The summed E-state index contributed by atoms with van der Waals surface area (Å²) in [5.74, 6) is 2.53. The molecule has 0 aromatic heterocycles. The Labute approximate surface area is 166 Å². The van der Waals surface area contributed by atoms with Crippen LogP contribution in [0.15, 0.2) is 42.5 Å². The molecule has 0 aliphatic carbocycles. The van der Waals surface area contributed by atoms with E-state index in [9.17, 15) is 4.79 Å². The summed E-state index contributed by atoms with van der Waals surface area (Å²) in [4.78, 5) is 17.0. The van der Waals surface area contributed by atoms with Gasteiger partial charge in [0.15, 0.2) is 0 Å². The lowest BCUT2D eigenvalue weighted by atomic mass is 10.1. The molecule has 6 nitrogen and oxygen atoms in total. The molecule has 0 N–H and O–H groups in total. The van der Waals surface area contributed by atoms with E-state index in [1.54, 1.807) is 14.2 Å². The van der Waals surface area contributed by atoms with Crippen molar-refractivity contribution in [2.24, 2.45) is 0 Å². The lowest BCUT2D eigenvalue weighted by molar-refractivity contribution is 0.0627. The van der Waals surface area contributed by atoms with Crippen molar-refractivity contribution < 1.29 is 19.0 Å². The Bertz CT molecular complexity index is 784. The Kier molecular flexibility index (Phi) is 6.76. The summed E-state index contributed by atoms with van der Waals surface area (Å²) in [7, 11) is 3.34. The second-order valence-electron chi connectivity index (χ2n) is 6.70. The molecular weight excluding hydrogens is 356 g/mol. The summed E-state index contributed by atoms with van der Waals surface area (Å²) in [5, 5.41) is 0. The van der Waals surface area contributed by atoms with E-state index in [2.05, 4.69) is 4.90 Å². The maximum Gasteiger partial charge on any atom is 0.253 e. The molecule has 0 radical (unpaired) electrons. The quantitative estimate of drug-likeness (QED) is 0.734. The maximum atomic E-state index is 12.7. The van der Waals surface area contributed by atoms with Crippen molar-refractivity contribution in [2.45, 2.75) is 13.5 Å². The molecule has 2 aromatic carbocycles. The molecule has 150 valence electrons. The number of carbonyl (C=O) groups excluding carboxylic acids is 1. The number of nitrogens with zero attached hydrogens (tertiary/aromatic N) is 2. The molecule has 1 heterocycles. The third-order valence-electron chi connectivity index (χ3n) is 4.95. The van der Waals surface area contributed by atoms with Crippen LogP contribution in [0.25, 0.3) is 0 Å². The molecule has 2 aromatic rings. The first-order chi connectivity index (χ1) is 13.6. The van der Waals surface area contributed by atoms with E-state index < -0.39 is 0 Å². The normalized spacial score (nSPS) is 14.6. The molecule has 0 saturated carbocycles. The predicted octanol–water partition coefficient (Wildman–Crippen LogP) is 3.06. The Morgan fingerprint density at radius 2 is 1.61 bits per heavy atom. The highest BCUT2D eigenvalue weighted by molar-refractivity contribution is 5.94. The van der Waals surface area contributed by atoms with Gasteiger partial charge in [-0.2, -0.15) is 0 Å². The number of hydrogen-bond donors (Lipinski definition) is 0. The molecule has 6 heteroatoms. The minimum absolute atomic E-state index is 0.0710. The SMILES string of the molecule is CCOc1ccc(C(=O)N2CCN(Cc3cc(OC)ccc3OC)CC2)cc1. The number of benzene rings is 2. The number of rotatable bonds is 7. The molecular formula is C22H28N2O4. The molecule has 1 aliphatic heterocycles. The van der Waals surface area contributed by atoms with E-state index in [1.807, 2.05) is 54.3 Å². The highest BCUT2D eigenvalue weighted by atomic mass is 16.5. The van der Waals surface area contributed by atoms with Crippen LogP contribution in [0.1, 0.15) is 22.8 Å². The van der Waals surface area contributed by atoms with Crippen molar-refractivity contribution in [3.05, 3.63) is 53.6 Å². The van der Waals surface area contributed by atoms with E-state index in [4.69, 9.17) is 14.2 Å². The van der Waals surface area contributed by atoms with Crippen LogP contribution in [0, 0.1) is 0 Å². The first-order valence-corrected chi connectivity index (χ1v) is 9.60. The van der Waals surface area contributed by atoms with Crippen LogP contribution in [0.3, 0.4) is 0 Å². The third kappa shape index (κ3) is 4.75. The van der Waals surface area contributed by atoms with E-state index in [-0.39, 0.29) is 5.91 Å².